The van der Waals surface area contributed by atoms with Crippen molar-refractivity contribution >= 4 is 28.8 Å². The maximum absolute atomic E-state index is 10.6. The average Bonchev–Trinajstić information content (AvgIpc) is 2.61. The van der Waals surface area contributed by atoms with Crippen LogP contribution >= 0.6 is 11.8 Å². The molecule has 2 aromatic rings. The second-order valence-electron chi connectivity index (χ2n) is 3.87. The first kappa shape index (κ1) is 11.9. The van der Waals surface area contributed by atoms with E-state index in [0.29, 0.717) is 0 Å². The lowest BCUT2D eigenvalue weighted by Gasteiger charge is -2.07. The van der Waals surface area contributed by atoms with Crippen LogP contribution in [0.1, 0.15) is 13.3 Å². The highest BCUT2D eigenvalue weighted by Crippen LogP contribution is 2.28. The number of carboxylic acid groups (broad SMARTS) is 1. The van der Waals surface area contributed by atoms with E-state index in [1.807, 2.05) is 24.6 Å². The van der Waals surface area contributed by atoms with Gasteiger partial charge < -0.3 is 9.67 Å². The van der Waals surface area contributed by atoms with Gasteiger partial charge in [0.05, 0.1) is 18.3 Å². The molecule has 2 rings (SSSR count). The van der Waals surface area contributed by atoms with Crippen LogP contribution in [0.4, 0.5) is 0 Å². The molecule has 0 radical (unpaired) electrons. The Hall–Kier alpha value is -1.56. The van der Waals surface area contributed by atoms with E-state index >= 15 is 0 Å². The number of aromatic nitrogens is 3. The third kappa shape index (κ3) is 2.58. The van der Waals surface area contributed by atoms with E-state index < -0.39 is 5.97 Å². The fourth-order valence-electron chi connectivity index (χ4n) is 1.60. The van der Waals surface area contributed by atoms with Crippen molar-refractivity contribution in [2.75, 3.05) is 0 Å². The number of aryl methyl sites for hydroxylation is 1. The third-order valence-electron chi connectivity index (χ3n) is 2.38. The summed E-state index contributed by atoms with van der Waals surface area (Å²) < 4.78 is 1.92. The van der Waals surface area contributed by atoms with E-state index in [2.05, 4.69) is 9.97 Å². The van der Waals surface area contributed by atoms with Crippen LogP contribution in [-0.2, 0) is 11.8 Å². The largest absolute Gasteiger partial charge is 0.481 e. The molecule has 1 N–H and O–H groups in total. The van der Waals surface area contributed by atoms with Gasteiger partial charge in [-0.15, -0.1) is 11.8 Å². The van der Waals surface area contributed by atoms with Crippen LogP contribution in [-0.4, -0.2) is 30.9 Å². The summed E-state index contributed by atoms with van der Waals surface area (Å²) in [6, 6.07) is 1.90. The van der Waals surface area contributed by atoms with Gasteiger partial charge in [-0.3, -0.25) is 4.79 Å². The Kier molecular flexibility index (Phi) is 3.33. The Morgan fingerprint density at radius 3 is 3.06 bits per heavy atom. The Balaban J connectivity index is 2.27. The summed E-state index contributed by atoms with van der Waals surface area (Å²) >= 11 is 1.45. The minimum Gasteiger partial charge on any atom is -0.481 e. The topological polar surface area (TPSA) is 68.0 Å². The first-order chi connectivity index (χ1) is 8.08. The monoisotopic (exact) mass is 251 g/mol. The molecule has 0 saturated carbocycles. The maximum Gasteiger partial charge on any atom is 0.304 e. The molecule has 0 fully saturated rings. The van der Waals surface area contributed by atoms with E-state index in [9.17, 15) is 4.79 Å². The lowest BCUT2D eigenvalue weighted by molar-refractivity contribution is -0.136. The smallest absolute Gasteiger partial charge is 0.304 e. The van der Waals surface area contributed by atoms with E-state index in [4.69, 9.17) is 5.11 Å². The van der Waals surface area contributed by atoms with Crippen molar-refractivity contribution in [1.29, 1.82) is 0 Å². The molecule has 0 aliphatic heterocycles. The number of rotatable bonds is 4. The molecule has 2 heterocycles. The minimum atomic E-state index is -0.793. The maximum atomic E-state index is 10.6. The van der Waals surface area contributed by atoms with Crippen LogP contribution in [0, 0.1) is 0 Å². The van der Waals surface area contributed by atoms with Gasteiger partial charge >= 0.3 is 5.97 Å². The van der Waals surface area contributed by atoms with E-state index in [-0.39, 0.29) is 11.7 Å². The second-order valence-corrected chi connectivity index (χ2v) is 5.29. The molecule has 0 amide bonds. The summed E-state index contributed by atoms with van der Waals surface area (Å²) in [7, 11) is 1.92. The van der Waals surface area contributed by atoms with Crippen LogP contribution in [0.15, 0.2) is 23.6 Å². The molecular formula is C11H13N3O2S. The van der Waals surface area contributed by atoms with Crippen molar-refractivity contribution in [1.82, 2.24) is 14.5 Å². The van der Waals surface area contributed by atoms with Gasteiger partial charge in [-0.1, -0.05) is 6.92 Å². The number of aliphatic carboxylic acids is 1. The summed E-state index contributed by atoms with van der Waals surface area (Å²) in [5.41, 5.74) is 1.84. The highest BCUT2D eigenvalue weighted by molar-refractivity contribution is 8.00. The number of imidazole rings is 1. The summed E-state index contributed by atoms with van der Waals surface area (Å²) in [4.78, 5) is 19.2. The Morgan fingerprint density at radius 2 is 2.35 bits per heavy atom. The number of pyridine rings is 1. The molecule has 17 heavy (non-hydrogen) atoms. The highest BCUT2D eigenvalue weighted by Gasteiger charge is 2.13. The summed E-state index contributed by atoms with van der Waals surface area (Å²) in [5, 5.41) is 9.49. The standard InChI is InChI=1S/C11H13N3O2S/c1-7(5-9(15)16)17-11-10-8(3-4-12-11)14(2)6-13-10/h3-4,6-7H,5H2,1-2H3,(H,15,16). The van der Waals surface area contributed by atoms with E-state index in [0.717, 1.165) is 16.1 Å². The fraction of sp³-hybridized carbons (Fsp3) is 0.364. The highest BCUT2D eigenvalue weighted by atomic mass is 32.2. The van der Waals surface area contributed by atoms with Crippen molar-refractivity contribution < 1.29 is 9.90 Å². The normalized spacial score (nSPS) is 12.8. The molecule has 0 spiro atoms. The molecule has 0 aliphatic rings. The second kappa shape index (κ2) is 4.75. The number of fused-ring (bicyclic) bond motifs is 1. The summed E-state index contributed by atoms with van der Waals surface area (Å²) in [6.07, 6.45) is 3.58. The number of carboxylic acids is 1. The predicted octanol–water partition coefficient (Wildman–Crippen LogP) is 1.92. The molecule has 2 aromatic heterocycles. The third-order valence-corrected chi connectivity index (χ3v) is 3.48. The molecule has 6 heteroatoms. The predicted molar refractivity (Wildman–Crippen MR) is 66.1 cm³/mol. The van der Waals surface area contributed by atoms with Gasteiger partial charge in [0.1, 0.15) is 10.5 Å². The lowest BCUT2D eigenvalue weighted by Crippen LogP contribution is -2.05. The zero-order chi connectivity index (χ0) is 12.4. The van der Waals surface area contributed by atoms with Crippen LogP contribution in [0.3, 0.4) is 0 Å². The van der Waals surface area contributed by atoms with Gasteiger partial charge in [-0.2, -0.15) is 0 Å². The van der Waals surface area contributed by atoms with Gasteiger partial charge in [-0.25, -0.2) is 9.97 Å². The van der Waals surface area contributed by atoms with Gasteiger partial charge in [0.15, 0.2) is 0 Å². The molecular weight excluding hydrogens is 238 g/mol. The molecule has 0 saturated heterocycles. The molecule has 5 nitrogen and oxygen atoms in total. The van der Waals surface area contributed by atoms with Crippen molar-refractivity contribution in [3.8, 4) is 0 Å². The van der Waals surface area contributed by atoms with E-state index in [1.54, 1.807) is 12.5 Å². The van der Waals surface area contributed by atoms with Crippen molar-refractivity contribution in [2.45, 2.75) is 23.6 Å². The van der Waals surface area contributed by atoms with Crippen molar-refractivity contribution in [2.24, 2.45) is 7.05 Å². The fourth-order valence-corrected chi connectivity index (χ4v) is 2.60. The van der Waals surface area contributed by atoms with Gasteiger partial charge in [-0.05, 0) is 6.07 Å². The van der Waals surface area contributed by atoms with Gasteiger partial charge in [0.25, 0.3) is 0 Å². The molecule has 1 unspecified atom stereocenters. The van der Waals surface area contributed by atoms with E-state index in [1.165, 1.54) is 11.8 Å². The minimum absolute atomic E-state index is 0.0207. The van der Waals surface area contributed by atoms with Crippen molar-refractivity contribution in [3.63, 3.8) is 0 Å². The average molecular weight is 251 g/mol. The van der Waals surface area contributed by atoms with Crippen LogP contribution in [0.25, 0.3) is 11.0 Å². The first-order valence-corrected chi connectivity index (χ1v) is 6.10. The quantitative estimate of drug-likeness (QED) is 0.841. The van der Waals surface area contributed by atoms with Gasteiger partial charge in [0.2, 0.25) is 0 Å². The zero-order valence-corrected chi connectivity index (χ0v) is 10.4. The Labute approximate surface area is 103 Å². The van der Waals surface area contributed by atoms with Gasteiger partial charge in [0, 0.05) is 18.5 Å². The molecule has 0 aliphatic carbocycles. The SMILES string of the molecule is CC(CC(=O)O)Sc1nccc2c1ncn2C. The van der Waals surface area contributed by atoms with Crippen LogP contribution in [0.2, 0.25) is 0 Å². The number of hydrogen-bond acceptors (Lipinski definition) is 4. The first-order valence-electron chi connectivity index (χ1n) is 5.22. The molecule has 0 aromatic carbocycles. The number of hydrogen-bond donors (Lipinski definition) is 1. The number of thioether (sulfide) groups is 1. The lowest BCUT2D eigenvalue weighted by atomic mass is 10.3. The van der Waals surface area contributed by atoms with Crippen LogP contribution < -0.4 is 0 Å². The Bertz CT molecular complexity index is 553. The zero-order valence-electron chi connectivity index (χ0n) is 9.62. The molecule has 0 bridgehead atoms. The molecule has 90 valence electrons. The number of carbonyl (C=O) groups is 1. The summed E-state index contributed by atoms with van der Waals surface area (Å²) in [6.45, 7) is 1.88. The Morgan fingerprint density at radius 1 is 1.59 bits per heavy atom. The van der Waals surface area contributed by atoms with Crippen molar-refractivity contribution in [3.05, 3.63) is 18.6 Å². The number of nitrogens with zero attached hydrogens (tertiary/aromatic N) is 3. The molecule has 1 atom stereocenters. The van der Waals surface area contributed by atoms with Crippen LogP contribution in [0.5, 0.6) is 0 Å². The summed E-state index contributed by atoms with van der Waals surface area (Å²) in [5.74, 6) is -0.793.